The van der Waals surface area contributed by atoms with Crippen LogP contribution in [0.1, 0.15) is 18.4 Å². The number of hydrogen-bond donors (Lipinski definition) is 2. The lowest BCUT2D eigenvalue weighted by Gasteiger charge is -2.39. The van der Waals surface area contributed by atoms with Crippen molar-refractivity contribution < 1.29 is 19.7 Å². The van der Waals surface area contributed by atoms with E-state index in [1.165, 1.54) is 0 Å². The molecular weight excluding hydrogens is 334 g/mol. The summed E-state index contributed by atoms with van der Waals surface area (Å²) in [6, 6.07) is 7.48. The number of piperidine rings is 1. The van der Waals surface area contributed by atoms with Gasteiger partial charge >= 0.3 is 0 Å². The van der Waals surface area contributed by atoms with E-state index in [0.29, 0.717) is 38.2 Å². The zero-order valence-corrected chi connectivity index (χ0v) is 14.9. The molecule has 0 radical (unpaired) electrons. The minimum absolute atomic E-state index is 0.0838. The van der Waals surface area contributed by atoms with E-state index < -0.39 is 11.7 Å². The normalized spacial score (nSPS) is 17.7. The van der Waals surface area contributed by atoms with Crippen LogP contribution in [0, 0.1) is 6.92 Å². The van der Waals surface area contributed by atoms with Crippen molar-refractivity contribution in [3.63, 3.8) is 0 Å². The van der Waals surface area contributed by atoms with Gasteiger partial charge in [-0.05, 0) is 31.4 Å². The van der Waals surface area contributed by atoms with Crippen molar-refractivity contribution in [1.29, 1.82) is 0 Å². The Morgan fingerprint density at radius 1 is 1.35 bits per heavy atom. The number of aromatic nitrogens is 2. The molecule has 0 saturated carbocycles. The van der Waals surface area contributed by atoms with Gasteiger partial charge in [-0.3, -0.25) is 4.79 Å². The molecule has 26 heavy (non-hydrogen) atoms. The van der Waals surface area contributed by atoms with Crippen LogP contribution in [0.25, 0.3) is 0 Å². The molecule has 7 nitrogen and oxygen atoms in total. The van der Waals surface area contributed by atoms with Crippen LogP contribution in [0.3, 0.4) is 0 Å². The summed E-state index contributed by atoms with van der Waals surface area (Å²) in [5, 5.41) is 20.9. The number of likely N-dealkylation sites (tertiary alicyclic amines) is 1. The fourth-order valence-corrected chi connectivity index (χ4v) is 3.19. The monoisotopic (exact) mass is 359 g/mol. The topological polar surface area (TPSA) is 87.8 Å². The number of ether oxygens (including phenoxy) is 1. The van der Waals surface area contributed by atoms with Gasteiger partial charge in [-0.25, -0.2) is 4.98 Å². The number of carbonyl (C=O) groups is 1. The first-order chi connectivity index (χ1) is 12.5. The third-order valence-corrected chi connectivity index (χ3v) is 4.82. The summed E-state index contributed by atoms with van der Waals surface area (Å²) in [5.74, 6) is 0.302. The molecule has 1 amide bonds. The summed E-state index contributed by atoms with van der Waals surface area (Å²) in [6.07, 6.45) is 4.86. The second kappa shape index (κ2) is 7.88. The Kier molecular flexibility index (Phi) is 5.58. The number of imidazole rings is 1. The summed E-state index contributed by atoms with van der Waals surface area (Å²) in [7, 11) is 0. The van der Waals surface area contributed by atoms with Crippen molar-refractivity contribution in [3.05, 3.63) is 48.5 Å². The van der Waals surface area contributed by atoms with Crippen molar-refractivity contribution in [2.75, 3.05) is 19.7 Å². The molecule has 1 aliphatic heterocycles. The molecule has 0 unspecified atom stereocenters. The molecule has 0 aliphatic carbocycles. The van der Waals surface area contributed by atoms with Crippen LogP contribution in [0.4, 0.5) is 0 Å². The van der Waals surface area contributed by atoms with Crippen LogP contribution in [-0.4, -0.2) is 62.0 Å². The summed E-state index contributed by atoms with van der Waals surface area (Å²) < 4.78 is 7.40. The molecule has 2 N–H and O–H groups in total. The van der Waals surface area contributed by atoms with Gasteiger partial charge in [-0.15, -0.1) is 0 Å². The number of amides is 1. The predicted molar refractivity (Wildman–Crippen MR) is 95.7 cm³/mol. The lowest BCUT2D eigenvalue weighted by Crippen LogP contribution is -2.51. The maximum absolute atomic E-state index is 12.4. The molecule has 1 saturated heterocycles. The van der Waals surface area contributed by atoms with Crippen LogP contribution in [0.15, 0.2) is 43.0 Å². The van der Waals surface area contributed by atoms with Gasteiger partial charge in [0, 0.05) is 25.5 Å². The number of nitrogens with zero attached hydrogens (tertiary/aromatic N) is 3. The van der Waals surface area contributed by atoms with E-state index >= 15 is 0 Å². The first kappa shape index (κ1) is 18.4. The van der Waals surface area contributed by atoms with E-state index in [0.717, 1.165) is 5.56 Å². The number of carbonyl (C=O) groups excluding carboxylic acids is 1. The fraction of sp³-hybridized carbons (Fsp3) is 0.474. The Labute approximate surface area is 152 Å². The van der Waals surface area contributed by atoms with Crippen molar-refractivity contribution in [2.24, 2.45) is 0 Å². The van der Waals surface area contributed by atoms with E-state index in [1.54, 1.807) is 17.4 Å². The zero-order valence-electron chi connectivity index (χ0n) is 14.9. The summed E-state index contributed by atoms with van der Waals surface area (Å²) in [6.45, 7) is 3.10. The molecule has 1 fully saturated rings. The summed E-state index contributed by atoms with van der Waals surface area (Å²) in [5.41, 5.74) is 0.0924. The quantitative estimate of drug-likeness (QED) is 0.803. The number of aliphatic hydroxyl groups is 2. The highest BCUT2D eigenvalue weighted by molar-refractivity contribution is 5.81. The number of para-hydroxylation sites is 1. The first-order valence-corrected chi connectivity index (χ1v) is 8.80. The van der Waals surface area contributed by atoms with Gasteiger partial charge in [-0.1, -0.05) is 18.2 Å². The van der Waals surface area contributed by atoms with E-state index in [-0.39, 0.29) is 12.5 Å². The molecule has 1 atom stereocenters. The number of benzene rings is 1. The summed E-state index contributed by atoms with van der Waals surface area (Å²) in [4.78, 5) is 18.0. The van der Waals surface area contributed by atoms with Crippen LogP contribution in [-0.2, 0) is 11.3 Å². The Morgan fingerprint density at radius 3 is 2.73 bits per heavy atom. The maximum atomic E-state index is 12.4. The Balaban J connectivity index is 1.49. The van der Waals surface area contributed by atoms with Crippen molar-refractivity contribution >= 4 is 5.91 Å². The lowest BCUT2D eigenvalue weighted by atomic mass is 9.91. The number of hydrogen-bond acceptors (Lipinski definition) is 5. The molecule has 1 aromatic carbocycles. The van der Waals surface area contributed by atoms with Crippen molar-refractivity contribution in [3.8, 4) is 5.75 Å². The predicted octanol–water partition coefficient (Wildman–Crippen LogP) is 0.985. The molecule has 0 spiro atoms. The third-order valence-electron chi connectivity index (χ3n) is 4.82. The van der Waals surface area contributed by atoms with E-state index in [2.05, 4.69) is 4.98 Å². The lowest BCUT2D eigenvalue weighted by molar-refractivity contribution is -0.146. The van der Waals surface area contributed by atoms with Crippen molar-refractivity contribution in [2.45, 2.75) is 38.0 Å². The van der Waals surface area contributed by atoms with Crippen LogP contribution in [0.5, 0.6) is 5.75 Å². The summed E-state index contributed by atoms with van der Waals surface area (Å²) >= 11 is 0. The molecule has 140 valence electrons. The van der Waals surface area contributed by atoms with E-state index in [9.17, 15) is 15.0 Å². The Bertz CT molecular complexity index is 724. The fourth-order valence-electron chi connectivity index (χ4n) is 3.19. The average Bonchev–Trinajstić information content (AvgIpc) is 3.13. The van der Waals surface area contributed by atoms with E-state index in [1.807, 2.05) is 42.0 Å². The van der Waals surface area contributed by atoms with Crippen molar-refractivity contribution in [1.82, 2.24) is 14.5 Å². The molecule has 1 aliphatic rings. The van der Waals surface area contributed by atoms with Gasteiger partial charge in [0.05, 0.1) is 18.5 Å². The molecular formula is C19H25N3O4. The Morgan fingerprint density at radius 2 is 2.08 bits per heavy atom. The van der Waals surface area contributed by atoms with Crippen LogP contribution < -0.4 is 4.74 Å². The highest BCUT2D eigenvalue weighted by Gasteiger charge is 2.35. The van der Waals surface area contributed by atoms with Crippen LogP contribution in [0.2, 0.25) is 0 Å². The molecule has 3 rings (SSSR count). The molecule has 0 bridgehead atoms. The molecule has 2 heterocycles. The smallest absolute Gasteiger partial charge is 0.254 e. The van der Waals surface area contributed by atoms with Gasteiger partial charge in [0.1, 0.15) is 12.4 Å². The van der Waals surface area contributed by atoms with E-state index in [4.69, 9.17) is 4.74 Å². The largest absolute Gasteiger partial charge is 0.490 e. The number of aryl methyl sites for hydroxylation is 1. The SMILES string of the molecule is Cc1ccccc1OC[C@H](O)C(=O)N1CCC(O)(Cn2ccnc2)CC1. The molecule has 1 aromatic heterocycles. The minimum Gasteiger partial charge on any atom is -0.490 e. The van der Waals surface area contributed by atoms with Gasteiger partial charge in [0.25, 0.3) is 5.91 Å². The van der Waals surface area contributed by atoms with Gasteiger partial charge in [0.15, 0.2) is 6.10 Å². The highest BCUT2D eigenvalue weighted by atomic mass is 16.5. The molecule has 2 aromatic rings. The Hall–Kier alpha value is -2.38. The van der Waals surface area contributed by atoms with Crippen LogP contribution >= 0.6 is 0 Å². The minimum atomic E-state index is -1.21. The number of aliphatic hydroxyl groups excluding tert-OH is 1. The highest BCUT2D eigenvalue weighted by Crippen LogP contribution is 2.24. The number of rotatable bonds is 6. The molecule has 7 heteroatoms. The average molecular weight is 359 g/mol. The second-order valence-electron chi connectivity index (χ2n) is 6.88. The second-order valence-corrected chi connectivity index (χ2v) is 6.88. The maximum Gasteiger partial charge on any atom is 0.254 e. The van der Waals surface area contributed by atoms with Gasteiger partial charge in [0.2, 0.25) is 0 Å². The van der Waals surface area contributed by atoms with Gasteiger partial charge < -0.3 is 24.4 Å². The third kappa shape index (κ3) is 4.42. The standard InChI is InChI=1S/C19H25N3O4/c1-15-4-2-3-5-17(15)26-12-16(23)18(24)22-9-6-19(25,7-10-22)13-21-11-8-20-14-21/h2-5,8,11,14,16,23,25H,6-7,9-10,12-13H2,1H3/t16-/m0/s1. The zero-order chi connectivity index (χ0) is 18.6. The first-order valence-electron chi connectivity index (χ1n) is 8.80. The van der Waals surface area contributed by atoms with Gasteiger partial charge in [-0.2, -0.15) is 0 Å².